The quantitative estimate of drug-likeness (QED) is 0.733. The standard InChI is InChI=1S/C19H23ClN2O5S/c1-12-6-13(2)8-14(7-12)21-19(23)11-22(28(5,24)25)16-10-17(26-3)15(20)9-18(16)27-4/h6-10H,11H2,1-5H3,(H,21,23). The fraction of sp³-hybridized carbons (Fsp3) is 0.316. The number of hydrogen-bond donors (Lipinski definition) is 1. The van der Waals surface area contributed by atoms with E-state index in [1.165, 1.54) is 26.4 Å². The zero-order valence-electron chi connectivity index (χ0n) is 16.4. The largest absolute Gasteiger partial charge is 0.495 e. The average molecular weight is 427 g/mol. The number of rotatable bonds is 7. The van der Waals surface area contributed by atoms with Crippen LogP contribution < -0.4 is 19.1 Å². The van der Waals surface area contributed by atoms with Crippen molar-refractivity contribution in [3.8, 4) is 11.5 Å². The molecule has 28 heavy (non-hydrogen) atoms. The van der Waals surface area contributed by atoms with Crippen molar-refractivity contribution in [3.63, 3.8) is 0 Å². The molecule has 0 aliphatic rings. The molecule has 0 saturated carbocycles. The number of ether oxygens (including phenoxy) is 2. The summed E-state index contributed by atoms with van der Waals surface area (Å²) in [6, 6.07) is 8.45. The highest BCUT2D eigenvalue weighted by Crippen LogP contribution is 2.38. The molecule has 0 unspecified atom stereocenters. The van der Waals surface area contributed by atoms with Crippen molar-refractivity contribution in [2.75, 3.05) is 36.6 Å². The number of aryl methyl sites for hydroxylation is 2. The van der Waals surface area contributed by atoms with Crippen molar-refractivity contribution in [2.24, 2.45) is 0 Å². The molecule has 0 atom stereocenters. The summed E-state index contributed by atoms with van der Waals surface area (Å²) in [5.41, 5.74) is 2.72. The van der Waals surface area contributed by atoms with E-state index in [-0.39, 0.29) is 22.2 Å². The number of benzene rings is 2. The van der Waals surface area contributed by atoms with Gasteiger partial charge in [0.15, 0.2) is 0 Å². The Morgan fingerprint density at radius 1 is 1.04 bits per heavy atom. The molecule has 0 aromatic heterocycles. The fourth-order valence-corrected chi connectivity index (χ4v) is 3.88. The van der Waals surface area contributed by atoms with Crippen LogP contribution in [-0.4, -0.2) is 41.3 Å². The first-order chi connectivity index (χ1) is 13.0. The van der Waals surface area contributed by atoms with Crippen LogP contribution in [-0.2, 0) is 14.8 Å². The predicted octanol–water partition coefficient (Wildman–Crippen LogP) is 3.38. The molecule has 2 rings (SSSR count). The number of nitrogens with zero attached hydrogens (tertiary/aromatic N) is 1. The number of hydrogen-bond acceptors (Lipinski definition) is 5. The van der Waals surface area contributed by atoms with Crippen LogP contribution in [0.4, 0.5) is 11.4 Å². The molecule has 0 aliphatic heterocycles. The molecule has 1 N–H and O–H groups in total. The average Bonchev–Trinajstić information content (AvgIpc) is 2.57. The van der Waals surface area contributed by atoms with Gasteiger partial charge in [-0.1, -0.05) is 17.7 Å². The molecule has 0 radical (unpaired) electrons. The highest BCUT2D eigenvalue weighted by Gasteiger charge is 2.25. The maximum atomic E-state index is 12.6. The van der Waals surface area contributed by atoms with Gasteiger partial charge in [0.05, 0.1) is 31.2 Å². The summed E-state index contributed by atoms with van der Waals surface area (Å²) in [6.45, 7) is 3.39. The van der Waals surface area contributed by atoms with Crippen LogP contribution in [0.25, 0.3) is 0 Å². The van der Waals surface area contributed by atoms with Crippen LogP contribution >= 0.6 is 11.6 Å². The molecule has 0 fully saturated rings. The van der Waals surface area contributed by atoms with E-state index in [9.17, 15) is 13.2 Å². The first-order valence-electron chi connectivity index (χ1n) is 8.32. The normalized spacial score (nSPS) is 11.1. The molecule has 152 valence electrons. The number of anilines is 2. The number of carbonyl (C=O) groups is 1. The van der Waals surface area contributed by atoms with Gasteiger partial charge in [0.1, 0.15) is 18.0 Å². The zero-order chi connectivity index (χ0) is 21.1. The van der Waals surface area contributed by atoms with Gasteiger partial charge in [-0.2, -0.15) is 0 Å². The summed E-state index contributed by atoms with van der Waals surface area (Å²) in [5, 5.41) is 2.99. The van der Waals surface area contributed by atoms with Crippen molar-refractivity contribution in [2.45, 2.75) is 13.8 Å². The third-order valence-electron chi connectivity index (χ3n) is 3.91. The number of sulfonamides is 1. The van der Waals surface area contributed by atoms with Gasteiger partial charge in [0.25, 0.3) is 0 Å². The summed E-state index contributed by atoms with van der Waals surface area (Å²) in [4.78, 5) is 12.6. The number of methoxy groups -OCH3 is 2. The molecular weight excluding hydrogens is 404 g/mol. The van der Waals surface area contributed by atoms with Crippen LogP contribution in [0.2, 0.25) is 5.02 Å². The van der Waals surface area contributed by atoms with Gasteiger partial charge in [-0.15, -0.1) is 0 Å². The van der Waals surface area contributed by atoms with Gasteiger partial charge in [-0.3, -0.25) is 9.10 Å². The van der Waals surface area contributed by atoms with Gasteiger partial charge in [-0.25, -0.2) is 8.42 Å². The van der Waals surface area contributed by atoms with E-state index in [2.05, 4.69) is 5.32 Å². The van der Waals surface area contributed by atoms with Gasteiger partial charge in [0, 0.05) is 17.8 Å². The summed E-state index contributed by atoms with van der Waals surface area (Å²) >= 11 is 6.09. The zero-order valence-corrected chi connectivity index (χ0v) is 17.9. The van der Waals surface area contributed by atoms with Crippen LogP contribution in [0.5, 0.6) is 11.5 Å². The Hall–Kier alpha value is -2.45. The summed E-state index contributed by atoms with van der Waals surface area (Å²) < 4.78 is 36.2. The molecule has 2 aromatic rings. The second-order valence-corrected chi connectivity index (χ2v) is 8.67. The van der Waals surface area contributed by atoms with Crippen LogP contribution in [0.1, 0.15) is 11.1 Å². The Morgan fingerprint density at radius 3 is 2.11 bits per heavy atom. The first kappa shape index (κ1) is 21.8. The Morgan fingerprint density at radius 2 is 1.61 bits per heavy atom. The van der Waals surface area contributed by atoms with Gasteiger partial charge >= 0.3 is 0 Å². The van der Waals surface area contributed by atoms with Gasteiger partial charge < -0.3 is 14.8 Å². The number of halogens is 1. The SMILES string of the molecule is COc1cc(N(CC(=O)Nc2cc(C)cc(C)c2)S(C)(=O)=O)c(OC)cc1Cl. The highest BCUT2D eigenvalue weighted by atomic mass is 35.5. The predicted molar refractivity (Wildman–Crippen MR) is 111 cm³/mol. The Balaban J connectivity index is 2.39. The van der Waals surface area contributed by atoms with E-state index in [1.807, 2.05) is 32.0 Å². The lowest BCUT2D eigenvalue weighted by molar-refractivity contribution is -0.114. The summed E-state index contributed by atoms with van der Waals surface area (Å²) in [6.07, 6.45) is 1.01. The fourth-order valence-electron chi connectivity index (χ4n) is 2.80. The third-order valence-corrected chi connectivity index (χ3v) is 5.34. The Labute approximate surface area is 170 Å². The van der Waals surface area contributed by atoms with Crippen molar-refractivity contribution in [1.29, 1.82) is 0 Å². The van der Waals surface area contributed by atoms with E-state index in [1.54, 1.807) is 0 Å². The second-order valence-electron chi connectivity index (χ2n) is 6.35. The lowest BCUT2D eigenvalue weighted by Crippen LogP contribution is -2.37. The van der Waals surface area contributed by atoms with Gasteiger partial charge in [-0.05, 0) is 37.1 Å². The molecule has 0 spiro atoms. The van der Waals surface area contributed by atoms with E-state index in [4.69, 9.17) is 21.1 Å². The topological polar surface area (TPSA) is 84.9 Å². The second kappa shape index (κ2) is 8.70. The summed E-state index contributed by atoms with van der Waals surface area (Å²) in [7, 11) is -1.000. The molecule has 0 bridgehead atoms. The molecule has 0 aliphatic carbocycles. The van der Waals surface area contributed by atoms with Crippen molar-refractivity contribution in [3.05, 3.63) is 46.5 Å². The minimum Gasteiger partial charge on any atom is -0.495 e. The van der Waals surface area contributed by atoms with Crippen molar-refractivity contribution < 1.29 is 22.7 Å². The van der Waals surface area contributed by atoms with Crippen molar-refractivity contribution in [1.82, 2.24) is 0 Å². The van der Waals surface area contributed by atoms with Gasteiger partial charge in [0.2, 0.25) is 15.9 Å². The highest BCUT2D eigenvalue weighted by molar-refractivity contribution is 7.92. The van der Waals surface area contributed by atoms with E-state index >= 15 is 0 Å². The van der Waals surface area contributed by atoms with Crippen molar-refractivity contribution >= 4 is 38.9 Å². The minimum atomic E-state index is -3.80. The maximum absolute atomic E-state index is 12.6. The molecule has 7 nitrogen and oxygen atoms in total. The third kappa shape index (κ3) is 5.30. The number of nitrogens with one attached hydrogen (secondary N) is 1. The molecule has 0 heterocycles. The van der Waals surface area contributed by atoms with E-state index in [0.717, 1.165) is 21.7 Å². The summed E-state index contributed by atoms with van der Waals surface area (Å²) in [5.74, 6) is -0.0253. The minimum absolute atomic E-state index is 0.154. The first-order valence-corrected chi connectivity index (χ1v) is 10.5. The molecular formula is C19H23ClN2O5S. The molecule has 2 aromatic carbocycles. The molecule has 9 heteroatoms. The smallest absolute Gasteiger partial charge is 0.245 e. The molecule has 0 saturated heterocycles. The van der Waals surface area contributed by atoms with Crippen LogP contribution in [0, 0.1) is 13.8 Å². The Bertz CT molecular complexity index is 972. The van der Waals surface area contributed by atoms with Crippen LogP contribution in [0.3, 0.4) is 0 Å². The number of carbonyl (C=O) groups excluding carboxylic acids is 1. The number of amides is 1. The molecule has 1 amide bonds. The van der Waals surface area contributed by atoms with E-state index in [0.29, 0.717) is 5.69 Å². The monoisotopic (exact) mass is 426 g/mol. The van der Waals surface area contributed by atoms with Crippen LogP contribution in [0.15, 0.2) is 30.3 Å². The maximum Gasteiger partial charge on any atom is 0.245 e. The lowest BCUT2D eigenvalue weighted by atomic mass is 10.1. The lowest BCUT2D eigenvalue weighted by Gasteiger charge is -2.24. The van der Waals surface area contributed by atoms with E-state index < -0.39 is 22.5 Å². The Kier molecular flexibility index (Phi) is 6.79.